The molecule has 1 aromatic rings. The molecule has 0 radical (unpaired) electrons. The monoisotopic (exact) mass is 178 g/mol. The molecule has 72 valence electrons. The van der Waals surface area contributed by atoms with Gasteiger partial charge in [-0.25, -0.2) is 0 Å². The van der Waals surface area contributed by atoms with Crippen molar-refractivity contribution in [2.24, 2.45) is 0 Å². The van der Waals surface area contributed by atoms with Crippen LogP contribution in [0, 0.1) is 6.92 Å². The van der Waals surface area contributed by atoms with Crippen LogP contribution in [0.3, 0.4) is 0 Å². The number of hydrogen-bond acceptors (Lipinski definition) is 2. The van der Waals surface area contributed by atoms with Crippen LogP contribution in [-0.2, 0) is 5.41 Å². The summed E-state index contributed by atoms with van der Waals surface area (Å²) < 4.78 is 0. The number of rotatable bonds is 0. The van der Waals surface area contributed by atoms with E-state index in [-0.39, 0.29) is 5.41 Å². The number of nitrogen functional groups attached to an aromatic ring is 2. The lowest BCUT2D eigenvalue weighted by atomic mass is 9.84. The number of aryl methyl sites for hydroxylation is 1. The lowest BCUT2D eigenvalue weighted by Gasteiger charge is -2.22. The van der Waals surface area contributed by atoms with Gasteiger partial charge in [-0.15, -0.1) is 0 Å². The smallest absolute Gasteiger partial charge is 0.0383 e. The standard InChI is InChI=1S/C11H18N2/c1-7-5-8(12)6-9(10(7)13)11(2,3)4/h5-6H,12-13H2,1-4H3. The lowest BCUT2D eigenvalue weighted by molar-refractivity contribution is 0.592. The Morgan fingerprint density at radius 3 is 2.08 bits per heavy atom. The first-order valence-corrected chi connectivity index (χ1v) is 4.48. The maximum atomic E-state index is 5.98. The van der Waals surface area contributed by atoms with Crippen LogP contribution >= 0.6 is 0 Å². The third-order valence-corrected chi connectivity index (χ3v) is 2.22. The predicted molar refractivity (Wildman–Crippen MR) is 58.7 cm³/mol. The SMILES string of the molecule is Cc1cc(N)cc(C(C)(C)C)c1N. The Hall–Kier alpha value is -1.18. The Bertz CT molecular complexity index is 322. The van der Waals surface area contributed by atoms with Crippen molar-refractivity contribution in [1.29, 1.82) is 0 Å². The van der Waals surface area contributed by atoms with Crippen molar-refractivity contribution in [3.8, 4) is 0 Å². The molecule has 0 atom stereocenters. The van der Waals surface area contributed by atoms with Crippen molar-refractivity contribution >= 4 is 11.4 Å². The van der Waals surface area contributed by atoms with E-state index in [1.165, 1.54) is 0 Å². The fraction of sp³-hybridized carbons (Fsp3) is 0.455. The van der Waals surface area contributed by atoms with Gasteiger partial charge in [-0.05, 0) is 35.6 Å². The minimum atomic E-state index is 0.0597. The first kappa shape index (κ1) is 9.90. The first-order valence-electron chi connectivity index (χ1n) is 4.48. The van der Waals surface area contributed by atoms with Crippen LogP contribution < -0.4 is 11.5 Å². The molecule has 0 fully saturated rings. The van der Waals surface area contributed by atoms with Gasteiger partial charge in [0.1, 0.15) is 0 Å². The van der Waals surface area contributed by atoms with Gasteiger partial charge in [0.25, 0.3) is 0 Å². The van der Waals surface area contributed by atoms with Crippen molar-refractivity contribution in [1.82, 2.24) is 0 Å². The molecule has 2 nitrogen and oxygen atoms in total. The first-order chi connectivity index (χ1) is 5.82. The summed E-state index contributed by atoms with van der Waals surface area (Å²) >= 11 is 0. The van der Waals surface area contributed by atoms with Crippen molar-refractivity contribution in [2.75, 3.05) is 11.5 Å². The van der Waals surface area contributed by atoms with Crippen molar-refractivity contribution in [3.05, 3.63) is 23.3 Å². The molecule has 1 aromatic carbocycles. The summed E-state index contributed by atoms with van der Waals surface area (Å²) in [5.41, 5.74) is 15.7. The molecule has 0 saturated carbocycles. The van der Waals surface area contributed by atoms with E-state index in [4.69, 9.17) is 11.5 Å². The molecule has 1 rings (SSSR count). The molecule has 0 aromatic heterocycles. The van der Waals surface area contributed by atoms with Crippen LogP contribution in [0.4, 0.5) is 11.4 Å². The van der Waals surface area contributed by atoms with E-state index in [0.29, 0.717) is 0 Å². The molecule has 0 unspecified atom stereocenters. The molecular formula is C11H18N2. The summed E-state index contributed by atoms with van der Waals surface area (Å²) in [6, 6.07) is 3.87. The average molecular weight is 178 g/mol. The highest BCUT2D eigenvalue weighted by Gasteiger charge is 2.18. The second kappa shape index (κ2) is 2.95. The van der Waals surface area contributed by atoms with Gasteiger partial charge in [0.2, 0.25) is 0 Å². The Labute approximate surface area is 79.9 Å². The van der Waals surface area contributed by atoms with Gasteiger partial charge < -0.3 is 11.5 Å². The summed E-state index contributed by atoms with van der Waals surface area (Å²) in [4.78, 5) is 0. The van der Waals surface area contributed by atoms with E-state index in [1.54, 1.807) is 0 Å². The zero-order chi connectivity index (χ0) is 10.2. The molecule has 0 bridgehead atoms. The molecule has 0 heterocycles. The van der Waals surface area contributed by atoms with Crippen molar-refractivity contribution in [2.45, 2.75) is 33.1 Å². The van der Waals surface area contributed by atoms with Crippen molar-refractivity contribution < 1.29 is 0 Å². The molecule has 0 aliphatic rings. The topological polar surface area (TPSA) is 52.0 Å². The van der Waals surface area contributed by atoms with Crippen LogP contribution in [-0.4, -0.2) is 0 Å². The normalized spacial score (nSPS) is 11.7. The van der Waals surface area contributed by atoms with Crippen molar-refractivity contribution in [3.63, 3.8) is 0 Å². The van der Waals surface area contributed by atoms with Crippen LogP contribution in [0.5, 0.6) is 0 Å². The minimum absolute atomic E-state index is 0.0597. The highest BCUT2D eigenvalue weighted by Crippen LogP contribution is 2.31. The van der Waals surface area contributed by atoms with Gasteiger partial charge in [0.15, 0.2) is 0 Å². The Balaban J connectivity index is 3.37. The minimum Gasteiger partial charge on any atom is -0.399 e. The summed E-state index contributed by atoms with van der Waals surface area (Å²) in [6.07, 6.45) is 0. The van der Waals surface area contributed by atoms with E-state index in [0.717, 1.165) is 22.5 Å². The van der Waals surface area contributed by atoms with Gasteiger partial charge in [0.05, 0.1) is 0 Å². The van der Waals surface area contributed by atoms with E-state index in [1.807, 2.05) is 19.1 Å². The molecule has 4 N–H and O–H groups in total. The predicted octanol–water partition coefficient (Wildman–Crippen LogP) is 2.46. The van der Waals surface area contributed by atoms with Gasteiger partial charge in [-0.1, -0.05) is 20.8 Å². The lowest BCUT2D eigenvalue weighted by Crippen LogP contribution is -2.15. The highest BCUT2D eigenvalue weighted by molar-refractivity contribution is 5.62. The maximum Gasteiger partial charge on any atom is 0.0383 e. The quantitative estimate of drug-likeness (QED) is 0.599. The van der Waals surface area contributed by atoms with Crippen LogP contribution in [0.25, 0.3) is 0 Å². The fourth-order valence-electron chi connectivity index (χ4n) is 1.45. The average Bonchev–Trinajstić information content (AvgIpc) is 1.94. The molecular weight excluding hydrogens is 160 g/mol. The van der Waals surface area contributed by atoms with E-state index < -0.39 is 0 Å². The largest absolute Gasteiger partial charge is 0.399 e. The molecule has 13 heavy (non-hydrogen) atoms. The second-order valence-electron chi connectivity index (χ2n) is 4.55. The van der Waals surface area contributed by atoms with Gasteiger partial charge >= 0.3 is 0 Å². The second-order valence-corrected chi connectivity index (χ2v) is 4.55. The maximum absolute atomic E-state index is 5.98. The summed E-state index contributed by atoms with van der Waals surface area (Å²) in [5, 5.41) is 0. The van der Waals surface area contributed by atoms with Gasteiger partial charge in [0, 0.05) is 11.4 Å². The van der Waals surface area contributed by atoms with E-state index >= 15 is 0 Å². The Morgan fingerprint density at radius 1 is 1.08 bits per heavy atom. The van der Waals surface area contributed by atoms with E-state index in [2.05, 4.69) is 20.8 Å². The molecule has 2 heteroatoms. The highest BCUT2D eigenvalue weighted by atomic mass is 14.6. The fourth-order valence-corrected chi connectivity index (χ4v) is 1.45. The number of nitrogens with two attached hydrogens (primary N) is 2. The van der Waals surface area contributed by atoms with Gasteiger partial charge in [-0.2, -0.15) is 0 Å². The van der Waals surface area contributed by atoms with Crippen LogP contribution in [0.2, 0.25) is 0 Å². The zero-order valence-corrected chi connectivity index (χ0v) is 8.81. The third kappa shape index (κ3) is 1.94. The zero-order valence-electron chi connectivity index (χ0n) is 8.81. The molecule has 0 spiro atoms. The Kier molecular flexibility index (Phi) is 2.24. The van der Waals surface area contributed by atoms with Crippen LogP contribution in [0.1, 0.15) is 31.9 Å². The number of benzene rings is 1. The van der Waals surface area contributed by atoms with Gasteiger partial charge in [-0.3, -0.25) is 0 Å². The summed E-state index contributed by atoms with van der Waals surface area (Å²) in [7, 11) is 0. The molecule has 0 saturated heterocycles. The number of anilines is 2. The molecule has 0 amide bonds. The van der Waals surface area contributed by atoms with Crippen LogP contribution in [0.15, 0.2) is 12.1 Å². The third-order valence-electron chi connectivity index (χ3n) is 2.22. The summed E-state index contributed by atoms with van der Waals surface area (Å²) in [6.45, 7) is 8.40. The Morgan fingerprint density at radius 2 is 1.62 bits per heavy atom. The summed E-state index contributed by atoms with van der Waals surface area (Å²) in [5.74, 6) is 0. The van der Waals surface area contributed by atoms with E-state index in [9.17, 15) is 0 Å². The molecule has 0 aliphatic heterocycles. The number of hydrogen-bond donors (Lipinski definition) is 2. The molecule has 0 aliphatic carbocycles.